The van der Waals surface area contributed by atoms with Crippen LogP contribution in [0.25, 0.3) is 0 Å². The average molecular weight is 341 g/mol. The van der Waals surface area contributed by atoms with Gasteiger partial charge in [-0.25, -0.2) is 0 Å². The molecular weight excluding hydrogens is 318 g/mol. The predicted octanol–water partition coefficient (Wildman–Crippen LogP) is 5.35. The van der Waals surface area contributed by atoms with Crippen LogP contribution < -0.4 is 10.6 Å². The molecule has 0 saturated carbocycles. The Morgan fingerprint density at radius 3 is 2.19 bits per heavy atom. The van der Waals surface area contributed by atoms with Gasteiger partial charge in [0.05, 0.1) is 17.9 Å². The fourth-order valence-electron chi connectivity index (χ4n) is 3.33. The van der Waals surface area contributed by atoms with E-state index in [-0.39, 0.29) is 0 Å². The van der Waals surface area contributed by atoms with E-state index in [4.69, 9.17) is 4.99 Å². The smallest absolute Gasteiger partial charge is 0.132 e. The highest BCUT2D eigenvalue weighted by Crippen LogP contribution is 2.37. The monoisotopic (exact) mass is 341 g/mol. The molecule has 1 aliphatic rings. The standard InChI is InChI=1S/C23H23N3/c1-17-12-14-19(15-13-17)23(2)22(24-16-18-8-4-3-5-9-18)25-20-10-6-7-11-21(20)26-23/h3-15,26H,16H2,1-2H3,(H,24,25). The van der Waals surface area contributed by atoms with Gasteiger partial charge < -0.3 is 10.6 Å². The van der Waals surface area contributed by atoms with E-state index < -0.39 is 5.54 Å². The van der Waals surface area contributed by atoms with E-state index in [0.29, 0.717) is 6.54 Å². The predicted molar refractivity (Wildman–Crippen MR) is 110 cm³/mol. The molecule has 1 aliphatic heterocycles. The fourth-order valence-corrected chi connectivity index (χ4v) is 3.33. The molecule has 3 aromatic carbocycles. The Bertz CT molecular complexity index is 929. The van der Waals surface area contributed by atoms with Crippen molar-refractivity contribution < 1.29 is 0 Å². The van der Waals surface area contributed by atoms with Gasteiger partial charge in [-0.2, -0.15) is 0 Å². The summed E-state index contributed by atoms with van der Waals surface area (Å²) in [5, 5.41) is 7.26. The topological polar surface area (TPSA) is 36.4 Å². The number of aliphatic imine (C=N–C) groups is 1. The molecule has 3 nitrogen and oxygen atoms in total. The molecule has 0 amide bonds. The van der Waals surface area contributed by atoms with E-state index in [2.05, 4.69) is 91.2 Å². The minimum Gasteiger partial charge on any atom is -0.368 e. The summed E-state index contributed by atoms with van der Waals surface area (Å²) in [6, 6.07) is 27.3. The Hall–Kier alpha value is -3.07. The Morgan fingerprint density at radius 2 is 1.46 bits per heavy atom. The van der Waals surface area contributed by atoms with Crippen molar-refractivity contribution in [2.45, 2.75) is 25.9 Å². The largest absolute Gasteiger partial charge is 0.368 e. The molecular formula is C23H23N3. The van der Waals surface area contributed by atoms with E-state index in [1.54, 1.807) is 0 Å². The number of rotatable bonds is 3. The third kappa shape index (κ3) is 3.08. The summed E-state index contributed by atoms with van der Waals surface area (Å²) in [4.78, 5) is 4.95. The first-order valence-corrected chi connectivity index (χ1v) is 8.95. The molecule has 1 heterocycles. The van der Waals surface area contributed by atoms with Crippen molar-refractivity contribution in [2.24, 2.45) is 4.99 Å². The van der Waals surface area contributed by atoms with Crippen molar-refractivity contribution in [3.8, 4) is 0 Å². The molecule has 0 aliphatic carbocycles. The average Bonchev–Trinajstić information content (AvgIpc) is 2.67. The summed E-state index contributed by atoms with van der Waals surface area (Å²) in [6.07, 6.45) is 0. The lowest BCUT2D eigenvalue weighted by Gasteiger charge is -2.39. The molecule has 0 fully saturated rings. The third-order valence-electron chi connectivity index (χ3n) is 4.93. The van der Waals surface area contributed by atoms with Gasteiger partial charge in [0, 0.05) is 0 Å². The molecule has 0 saturated heterocycles. The second-order valence-corrected chi connectivity index (χ2v) is 6.94. The van der Waals surface area contributed by atoms with Crippen LogP contribution in [0.3, 0.4) is 0 Å². The second-order valence-electron chi connectivity index (χ2n) is 6.94. The van der Waals surface area contributed by atoms with Gasteiger partial charge >= 0.3 is 0 Å². The number of nitrogens with zero attached hydrogens (tertiary/aromatic N) is 1. The highest BCUT2D eigenvalue weighted by Gasteiger charge is 2.37. The van der Waals surface area contributed by atoms with Gasteiger partial charge in [-0.1, -0.05) is 72.3 Å². The van der Waals surface area contributed by atoms with Crippen LogP contribution in [-0.4, -0.2) is 5.84 Å². The lowest BCUT2D eigenvalue weighted by Crippen LogP contribution is -2.47. The molecule has 0 radical (unpaired) electrons. The van der Waals surface area contributed by atoms with E-state index in [9.17, 15) is 0 Å². The second kappa shape index (κ2) is 6.68. The van der Waals surface area contributed by atoms with E-state index in [0.717, 1.165) is 17.2 Å². The maximum Gasteiger partial charge on any atom is 0.132 e. The molecule has 3 aromatic rings. The summed E-state index contributed by atoms with van der Waals surface area (Å²) in [5.74, 6) is 0.934. The zero-order valence-corrected chi connectivity index (χ0v) is 15.2. The Kier molecular flexibility index (Phi) is 4.21. The van der Waals surface area contributed by atoms with Crippen LogP contribution in [0.5, 0.6) is 0 Å². The number of amidine groups is 1. The lowest BCUT2D eigenvalue weighted by molar-refractivity contribution is 0.720. The fraction of sp³-hybridized carbons (Fsp3) is 0.174. The number of aryl methyl sites for hydroxylation is 1. The Balaban J connectivity index is 1.76. The van der Waals surface area contributed by atoms with Crippen LogP contribution in [0.4, 0.5) is 11.4 Å². The van der Waals surface area contributed by atoms with Gasteiger partial charge in [0.1, 0.15) is 11.4 Å². The molecule has 1 atom stereocenters. The number of anilines is 2. The molecule has 130 valence electrons. The van der Waals surface area contributed by atoms with Gasteiger partial charge in [0.15, 0.2) is 0 Å². The lowest BCUT2D eigenvalue weighted by atomic mass is 9.87. The van der Waals surface area contributed by atoms with Crippen molar-refractivity contribution in [3.05, 3.63) is 95.6 Å². The number of para-hydroxylation sites is 2. The van der Waals surface area contributed by atoms with E-state index >= 15 is 0 Å². The number of hydrogen-bond donors (Lipinski definition) is 2. The molecule has 1 unspecified atom stereocenters. The van der Waals surface area contributed by atoms with Crippen LogP contribution in [0.2, 0.25) is 0 Å². The van der Waals surface area contributed by atoms with Crippen molar-refractivity contribution in [1.29, 1.82) is 0 Å². The molecule has 2 N–H and O–H groups in total. The van der Waals surface area contributed by atoms with Gasteiger partial charge in [-0.05, 0) is 37.1 Å². The Morgan fingerprint density at radius 1 is 0.808 bits per heavy atom. The van der Waals surface area contributed by atoms with E-state index in [1.807, 2.05) is 12.1 Å². The van der Waals surface area contributed by atoms with E-state index in [1.165, 1.54) is 16.7 Å². The van der Waals surface area contributed by atoms with Gasteiger partial charge in [-0.15, -0.1) is 0 Å². The number of nitrogens with one attached hydrogen (secondary N) is 2. The van der Waals surface area contributed by atoms with Crippen LogP contribution in [0.1, 0.15) is 23.6 Å². The maximum absolute atomic E-state index is 4.95. The summed E-state index contributed by atoms with van der Waals surface area (Å²) in [7, 11) is 0. The van der Waals surface area contributed by atoms with Crippen molar-refractivity contribution in [3.63, 3.8) is 0 Å². The highest BCUT2D eigenvalue weighted by atomic mass is 15.2. The van der Waals surface area contributed by atoms with Gasteiger partial charge in [-0.3, -0.25) is 4.99 Å². The quantitative estimate of drug-likeness (QED) is 0.674. The molecule has 4 rings (SSSR count). The minimum absolute atomic E-state index is 0.406. The van der Waals surface area contributed by atoms with Gasteiger partial charge in [0.25, 0.3) is 0 Å². The SMILES string of the molecule is Cc1ccc(C2(C)Nc3ccccc3NC2=NCc2ccccc2)cc1. The number of fused-ring (bicyclic) bond motifs is 1. The number of benzene rings is 3. The van der Waals surface area contributed by atoms with Crippen molar-refractivity contribution >= 4 is 17.2 Å². The van der Waals surface area contributed by atoms with Crippen LogP contribution in [0.15, 0.2) is 83.9 Å². The highest BCUT2D eigenvalue weighted by molar-refractivity contribution is 6.09. The van der Waals surface area contributed by atoms with Crippen LogP contribution in [-0.2, 0) is 12.1 Å². The molecule has 0 spiro atoms. The zero-order chi connectivity index (χ0) is 18.0. The molecule has 3 heteroatoms. The Labute approximate surface area is 154 Å². The van der Waals surface area contributed by atoms with Crippen LogP contribution in [0, 0.1) is 6.92 Å². The summed E-state index contributed by atoms with van der Waals surface area (Å²) in [6.45, 7) is 4.94. The summed E-state index contributed by atoms with van der Waals surface area (Å²) in [5.41, 5.74) is 5.39. The van der Waals surface area contributed by atoms with Crippen molar-refractivity contribution in [2.75, 3.05) is 10.6 Å². The summed E-state index contributed by atoms with van der Waals surface area (Å²) >= 11 is 0. The van der Waals surface area contributed by atoms with Gasteiger partial charge in [0.2, 0.25) is 0 Å². The van der Waals surface area contributed by atoms with Crippen molar-refractivity contribution in [1.82, 2.24) is 0 Å². The first-order valence-electron chi connectivity index (χ1n) is 8.95. The normalized spacial score (nSPS) is 20.2. The maximum atomic E-state index is 4.95. The molecule has 0 aromatic heterocycles. The first-order chi connectivity index (χ1) is 12.6. The molecule has 0 bridgehead atoms. The first kappa shape index (κ1) is 16.4. The third-order valence-corrected chi connectivity index (χ3v) is 4.93. The minimum atomic E-state index is -0.406. The zero-order valence-electron chi connectivity index (χ0n) is 15.2. The van der Waals surface area contributed by atoms with Crippen LogP contribution >= 0.6 is 0 Å². The molecule has 26 heavy (non-hydrogen) atoms. The summed E-state index contributed by atoms with van der Waals surface area (Å²) < 4.78 is 0. The number of hydrogen-bond acceptors (Lipinski definition) is 2.